The summed E-state index contributed by atoms with van der Waals surface area (Å²) >= 11 is 4.24. The molecule has 2 nitrogen and oxygen atoms in total. The van der Waals surface area contributed by atoms with Crippen molar-refractivity contribution >= 4 is 37.2 Å². The number of methoxy groups -OCH3 is 2. The van der Waals surface area contributed by atoms with Crippen LogP contribution in [-0.4, -0.2) is 14.2 Å². The van der Waals surface area contributed by atoms with Crippen LogP contribution in [0.15, 0.2) is 12.1 Å². The predicted molar refractivity (Wildman–Crippen MR) is 132 cm³/mol. The van der Waals surface area contributed by atoms with E-state index in [9.17, 15) is 0 Å². The minimum atomic E-state index is 1.01. The van der Waals surface area contributed by atoms with Gasteiger partial charge in [0.2, 0.25) is 0 Å². The normalized spacial score (nSPS) is 9.54. The van der Waals surface area contributed by atoms with E-state index in [1.165, 1.54) is 44.5 Å². The summed E-state index contributed by atoms with van der Waals surface area (Å²) in [5.41, 5.74) is 10.3. The Labute approximate surface area is 183 Å². The predicted octanol–water partition coefficient (Wildman–Crippen LogP) is 7.63. The third kappa shape index (κ3) is 6.29. The molecule has 2 rings (SSSR count). The van der Waals surface area contributed by atoms with Crippen molar-refractivity contribution in [3.63, 3.8) is 0 Å². The Morgan fingerprint density at radius 2 is 0.846 bits per heavy atom. The molecule has 0 atom stereocenters. The van der Waals surface area contributed by atoms with Gasteiger partial charge in [-0.2, -0.15) is 0 Å². The van der Waals surface area contributed by atoms with Gasteiger partial charge in [-0.25, -0.2) is 0 Å². The molecule has 0 fully saturated rings. The van der Waals surface area contributed by atoms with E-state index in [2.05, 4.69) is 105 Å². The molecule has 0 aliphatic carbocycles. The summed E-state index contributed by atoms with van der Waals surface area (Å²) in [4.78, 5) is 0. The second-order valence-electron chi connectivity index (χ2n) is 6.59. The first-order valence-electron chi connectivity index (χ1n) is 8.52. The van der Waals surface area contributed by atoms with E-state index in [0.717, 1.165) is 11.5 Å². The SMILES string of the molecule is COc1c(C)c(C)c(C)c(C)c1C.COc1c(C)cc(C)cc1C.II. The summed E-state index contributed by atoms with van der Waals surface area (Å²) in [5.74, 6) is 2.05. The van der Waals surface area contributed by atoms with Crippen molar-refractivity contribution in [1.82, 2.24) is 0 Å². The highest BCUT2D eigenvalue weighted by molar-refractivity contribution is 15.0. The van der Waals surface area contributed by atoms with E-state index in [-0.39, 0.29) is 0 Å². The quantitative estimate of drug-likeness (QED) is 0.339. The van der Waals surface area contributed by atoms with Crippen molar-refractivity contribution in [2.24, 2.45) is 0 Å². The molecule has 0 N–H and O–H groups in total. The molecular weight excluding hydrogens is 550 g/mol. The van der Waals surface area contributed by atoms with Crippen LogP contribution in [0.2, 0.25) is 0 Å². The average molecular weight is 582 g/mol. The molecule has 4 heteroatoms. The zero-order valence-corrected chi connectivity index (χ0v) is 22.0. The molecule has 0 aliphatic heterocycles. The highest BCUT2D eigenvalue weighted by atomic mass is 128. The second-order valence-corrected chi connectivity index (χ2v) is 6.59. The lowest BCUT2D eigenvalue weighted by Crippen LogP contribution is -1.99. The van der Waals surface area contributed by atoms with Crippen molar-refractivity contribution < 1.29 is 9.47 Å². The Kier molecular flexibility index (Phi) is 11.8. The number of hydrogen-bond acceptors (Lipinski definition) is 2. The highest BCUT2D eigenvalue weighted by Gasteiger charge is 2.11. The summed E-state index contributed by atoms with van der Waals surface area (Å²) in [5, 5.41) is 0. The van der Waals surface area contributed by atoms with Crippen LogP contribution in [0.25, 0.3) is 0 Å². The molecule has 0 bridgehead atoms. The van der Waals surface area contributed by atoms with Crippen molar-refractivity contribution in [2.45, 2.75) is 55.4 Å². The van der Waals surface area contributed by atoms with E-state index in [0.29, 0.717) is 0 Å². The van der Waals surface area contributed by atoms with E-state index >= 15 is 0 Å². The fourth-order valence-corrected chi connectivity index (χ4v) is 3.26. The van der Waals surface area contributed by atoms with Crippen molar-refractivity contribution in [3.05, 3.63) is 56.6 Å². The molecule has 146 valence electrons. The molecule has 0 heterocycles. The smallest absolute Gasteiger partial charge is 0.125 e. The molecule has 26 heavy (non-hydrogen) atoms. The van der Waals surface area contributed by atoms with E-state index in [4.69, 9.17) is 9.47 Å². The van der Waals surface area contributed by atoms with Gasteiger partial charge in [0, 0.05) is 37.2 Å². The molecule has 2 aromatic carbocycles. The lowest BCUT2D eigenvalue weighted by molar-refractivity contribution is 0.407. The van der Waals surface area contributed by atoms with Gasteiger partial charge >= 0.3 is 0 Å². The fraction of sp³-hybridized carbons (Fsp3) is 0.455. The van der Waals surface area contributed by atoms with Crippen LogP contribution in [0.4, 0.5) is 0 Å². The Morgan fingerprint density at radius 1 is 0.538 bits per heavy atom. The van der Waals surface area contributed by atoms with Gasteiger partial charge in [-0.1, -0.05) is 17.7 Å². The van der Waals surface area contributed by atoms with Gasteiger partial charge < -0.3 is 9.47 Å². The largest absolute Gasteiger partial charge is 0.496 e. The standard InChI is InChI=1S/C12H18O.C10H14O.I2/c1-7-8(2)10(4)12(13-6)11(5)9(7)3;1-7-5-8(2)10(11-4)9(3)6-7;1-2/h1-6H3;5-6H,1-4H3;. The average Bonchev–Trinajstić information content (AvgIpc) is 2.61. The molecule has 0 unspecified atom stereocenters. The fourth-order valence-electron chi connectivity index (χ4n) is 3.26. The molecule has 0 radical (unpaired) electrons. The minimum absolute atomic E-state index is 1.01. The topological polar surface area (TPSA) is 18.5 Å². The highest BCUT2D eigenvalue weighted by Crippen LogP contribution is 2.31. The van der Waals surface area contributed by atoms with Gasteiger partial charge in [0.25, 0.3) is 0 Å². The molecule has 2 aromatic rings. The Morgan fingerprint density at radius 3 is 1.15 bits per heavy atom. The zero-order valence-electron chi connectivity index (χ0n) is 17.7. The first-order chi connectivity index (χ1) is 12.1. The molecule has 0 aliphatic rings. The number of halogens is 2. The summed E-state index contributed by atoms with van der Waals surface area (Å²) in [6.45, 7) is 16.9. The van der Waals surface area contributed by atoms with Gasteiger partial charge in [0.05, 0.1) is 14.2 Å². The Bertz CT molecular complexity index is 685. The number of rotatable bonds is 2. The first kappa shape index (κ1) is 25.5. The summed E-state index contributed by atoms with van der Waals surface area (Å²) in [6, 6.07) is 4.26. The second kappa shape index (κ2) is 12.1. The van der Waals surface area contributed by atoms with E-state index in [1.54, 1.807) is 14.2 Å². The first-order valence-corrected chi connectivity index (χ1v) is 14.8. The van der Waals surface area contributed by atoms with Gasteiger partial charge in [0.15, 0.2) is 0 Å². The summed E-state index contributed by atoms with van der Waals surface area (Å²) in [6.07, 6.45) is 0. The van der Waals surface area contributed by atoms with Crippen LogP contribution in [0.1, 0.15) is 44.5 Å². The monoisotopic (exact) mass is 582 g/mol. The lowest BCUT2D eigenvalue weighted by Gasteiger charge is -2.16. The Hall–Kier alpha value is -0.500. The maximum absolute atomic E-state index is 5.39. The van der Waals surface area contributed by atoms with E-state index < -0.39 is 0 Å². The van der Waals surface area contributed by atoms with Gasteiger partial charge in [-0.05, 0) is 94.3 Å². The van der Waals surface area contributed by atoms with Crippen molar-refractivity contribution in [2.75, 3.05) is 14.2 Å². The van der Waals surface area contributed by atoms with Crippen LogP contribution in [0.3, 0.4) is 0 Å². The summed E-state index contributed by atoms with van der Waals surface area (Å²) < 4.78 is 10.6. The third-order valence-corrected chi connectivity index (χ3v) is 4.94. The third-order valence-electron chi connectivity index (χ3n) is 4.94. The molecule has 0 saturated heterocycles. The molecule has 0 aromatic heterocycles. The molecular formula is C22H32I2O2. The molecule has 0 saturated carbocycles. The molecule has 0 amide bonds. The maximum atomic E-state index is 5.39. The molecule has 0 spiro atoms. The zero-order chi connectivity index (χ0) is 20.6. The van der Waals surface area contributed by atoms with Crippen molar-refractivity contribution in [3.8, 4) is 11.5 Å². The lowest BCUT2D eigenvalue weighted by atomic mass is 9.94. The number of hydrogen-bond donors (Lipinski definition) is 0. The van der Waals surface area contributed by atoms with Crippen LogP contribution in [0, 0.1) is 55.4 Å². The van der Waals surface area contributed by atoms with Gasteiger partial charge in [-0.15, -0.1) is 0 Å². The maximum Gasteiger partial charge on any atom is 0.125 e. The Balaban J connectivity index is 0.000000444. The van der Waals surface area contributed by atoms with E-state index in [1.807, 2.05) is 0 Å². The van der Waals surface area contributed by atoms with Crippen LogP contribution in [0.5, 0.6) is 11.5 Å². The number of benzene rings is 2. The van der Waals surface area contributed by atoms with Crippen molar-refractivity contribution in [1.29, 1.82) is 0 Å². The van der Waals surface area contributed by atoms with Crippen LogP contribution in [-0.2, 0) is 0 Å². The number of ether oxygens (including phenoxy) is 2. The summed E-state index contributed by atoms with van der Waals surface area (Å²) in [7, 11) is 3.45. The van der Waals surface area contributed by atoms with Crippen LogP contribution >= 0.6 is 37.2 Å². The minimum Gasteiger partial charge on any atom is -0.496 e. The van der Waals surface area contributed by atoms with Gasteiger partial charge in [0.1, 0.15) is 11.5 Å². The van der Waals surface area contributed by atoms with Crippen LogP contribution < -0.4 is 9.47 Å². The van der Waals surface area contributed by atoms with Gasteiger partial charge in [-0.3, -0.25) is 0 Å². The number of aryl methyl sites for hydroxylation is 3.